The molecule has 3 fully saturated rings. The Morgan fingerprint density at radius 1 is 1.24 bits per heavy atom. The molecule has 2 saturated carbocycles. The van der Waals surface area contributed by atoms with Crippen LogP contribution in [0, 0.1) is 12.8 Å². The van der Waals surface area contributed by atoms with Crippen molar-refractivity contribution in [2.24, 2.45) is 5.92 Å². The maximum absolute atomic E-state index is 13.6. The van der Waals surface area contributed by atoms with Crippen molar-refractivity contribution in [3.05, 3.63) is 57.6 Å². The molecule has 2 aromatic rings. The number of aromatic hydroxyl groups is 1. The largest absolute Gasteiger partial charge is 0.504 e. The minimum Gasteiger partial charge on any atom is -0.504 e. The van der Waals surface area contributed by atoms with E-state index in [1.165, 1.54) is 12.8 Å². The predicted molar refractivity (Wildman–Crippen MR) is 138 cm³/mol. The molecule has 5 aliphatic rings. The molecule has 4 atom stereocenters. The van der Waals surface area contributed by atoms with E-state index in [0.717, 1.165) is 41.8 Å². The molecule has 2 aliphatic heterocycles. The maximum atomic E-state index is 13.6. The number of nitrogens with zero attached hydrogens (tertiary/aromatic N) is 1. The smallest absolute Gasteiger partial charge is 0.306 e. The van der Waals surface area contributed by atoms with E-state index in [2.05, 4.69) is 4.90 Å². The van der Waals surface area contributed by atoms with Crippen molar-refractivity contribution in [3.8, 4) is 11.5 Å². The topological polar surface area (TPSA) is 76.1 Å². The summed E-state index contributed by atoms with van der Waals surface area (Å²) >= 11 is 6.44. The first-order valence-corrected chi connectivity index (χ1v) is 14.0. The Labute approximate surface area is 221 Å². The van der Waals surface area contributed by atoms with Gasteiger partial charge in [0.2, 0.25) is 0 Å². The third-order valence-electron chi connectivity index (χ3n) is 9.62. The van der Waals surface area contributed by atoms with Gasteiger partial charge in [-0.2, -0.15) is 0 Å². The van der Waals surface area contributed by atoms with Crippen LogP contribution in [-0.4, -0.2) is 52.6 Å². The van der Waals surface area contributed by atoms with Gasteiger partial charge in [0.25, 0.3) is 0 Å². The summed E-state index contributed by atoms with van der Waals surface area (Å²) in [6, 6.07) is 9.52. The number of hydrogen-bond donors (Lipinski definition) is 1. The van der Waals surface area contributed by atoms with Crippen LogP contribution in [0.5, 0.6) is 11.5 Å². The number of esters is 1. The van der Waals surface area contributed by atoms with Crippen molar-refractivity contribution in [2.45, 2.75) is 81.5 Å². The Morgan fingerprint density at radius 2 is 2.08 bits per heavy atom. The molecule has 194 valence electrons. The van der Waals surface area contributed by atoms with Crippen LogP contribution in [0.3, 0.4) is 0 Å². The van der Waals surface area contributed by atoms with Gasteiger partial charge < -0.3 is 14.6 Å². The fourth-order valence-electron chi connectivity index (χ4n) is 7.79. The molecule has 1 saturated heterocycles. The van der Waals surface area contributed by atoms with Gasteiger partial charge in [0.1, 0.15) is 5.60 Å². The third kappa shape index (κ3) is 3.34. The molecule has 1 spiro atoms. The van der Waals surface area contributed by atoms with E-state index in [-0.39, 0.29) is 30.0 Å². The van der Waals surface area contributed by atoms with Crippen LogP contribution in [-0.2, 0) is 32.6 Å². The number of phenolic OH excluding ortho intramolecular Hbond substituents is 1. The Kier molecular flexibility index (Phi) is 5.22. The number of halogens is 1. The standard InChI is InChI=1S/C30H32ClNO5/c1-17-2-5-19(21(31)14-17)7-9-25(35)37-30-11-10-23(34)28-29(30)12-13-32(16-18-3-4-18)24(30)15-20-6-8-22(33)27(36-28)26(20)29/h2,5-6,8,14,18,24,28,33H,3-4,7,9-13,15-16H2,1H3/t24?,28-,29-,30+/m0/s1. The van der Waals surface area contributed by atoms with Crippen LogP contribution in [0.25, 0.3) is 0 Å². The molecule has 2 heterocycles. The maximum Gasteiger partial charge on any atom is 0.306 e. The lowest BCUT2D eigenvalue weighted by atomic mass is 9.48. The van der Waals surface area contributed by atoms with E-state index in [9.17, 15) is 14.7 Å². The number of benzene rings is 2. The van der Waals surface area contributed by atoms with Crippen molar-refractivity contribution in [2.75, 3.05) is 13.1 Å². The van der Waals surface area contributed by atoms with Gasteiger partial charge in [0, 0.05) is 30.0 Å². The van der Waals surface area contributed by atoms with Crippen LogP contribution >= 0.6 is 11.6 Å². The second kappa shape index (κ2) is 8.21. The van der Waals surface area contributed by atoms with Gasteiger partial charge in [-0.3, -0.25) is 14.5 Å². The zero-order valence-corrected chi connectivity index (χ0v) is 21.9. The van der Waals surface area contributed by atoms with E-state index < -0.39 is 17.1 Å². The van der Waals surface area contributed by atoms with Gasteiger partial charge in [-0.05, 0) is 86.7 Å². The van der Waals surface area contributed by atoms with Crippen LogP contribution < -0.4 is 4.74 Å². The number of ether oxygens (including phenoxy) is 2. The highest BCUT2D eigenvalue weighted by atomic mass is 35.5. The van der Waals surface area contributed by atoms with Gasteiger partial charge in [0.05, 0.1) is 11.5 Å². The average molecular weight is 522 g/mol. The van der Waals surface area contributed by atoms with E-state index in [0.29, 0.717) is 42.4 Å². The lowest BCUT2D eigenvalue weighted by molar-refractivity contribution is -0.216. The van der Waals surface area contributed by atoms with Crippen molar-refractivity contribution < 1.29 is 24.2 Å². The van der Waals surface area contributed by atoms with Crippen molar-refractivity contribution in [1.82, 2.24) is 4.90 Å². The zero-order valence-electron chi connectivity index (χ0n) is 21.1. The fraction of sp³-hybridized carbons (Fsp3) is 0.533. The summed E-state index contributed by atoms with van der Waals surface area (Å²) in [4.78, 5) is 29.5. The fourth-order valence-corrected chi connectivity index (χ4v) is 8.12. The Balaban J connectivity index is 1.28. The molecule has 2 bridgehead atoms. The average Bonchev–Trinajstić information content (AvgIpc) is 3.60. The SMILES string of the molecule is Cc1ccc(CCC(=O)O[C@@]23CCC(=O)[C@@H]4Oc5c(O)ccc6c5[C@@]42CCN(CC2CC2)C3C6)c(Cl)c1. The van der Waals surface area contributed by atoms with Gasteiger partial charge in [-0.15, -0.1) is 0 Å². The minimum atomic E-state index is -0.862. The molecule has 7 heteroatoms. The molecule has 0 amide bonds. The van der Waals surface area contributed by atoms with Crippen LogP contribution in [0.2, 0.25) is 5.02 Å². The van der Waals surface area contributed by atoms with Crippen molar-refractivity contribution >= 4 is 23.4 Å². The van der Waals surface area contributed by atoms with Gasteiger partial charge in [-0.1, -0.05) is 29.8 Å². The summed E-state index contributed by atoms with van der Waals surface area (Å²) in [5, 5.41) is 11.4. The predicted octanol–water partition coefficient (Wildman–Crippen LogP) is 4.67. The monoisotopic (exact) mass is 521 g/mol. The summed E-state index contributed by atoms with van der Waals surface area (Å²) in [5.41, 5.74) is 2.40. The highest BCUT2D eigenvalue weighted by Gasteiger charge is 2.75. The van der Waals surface area contributed by atoms with Crippen molar-refractivity contribution in [3.63, 3.8) is 0 Å². The number of Topliss-reactive ketones (excluding diaryl/α,β-unsaturated/α-hetero) is 1. The Hall–Kier alpha value is -2.57. The molecule has 1 unspecified atom stereocenters. The normalized spacial score (nSPS) is 31.6. The molecule has 0 radical (unpaired) electrons. The third-order valence-corrected chi connectivity index (χ3v) is 9.97. The second-order valence-electron chi connectivity index (χ2n) is 11.8. The number of aryl methyl sites for hydroxylation is 2. The lowest BCUT2D eigenvalue weighted by Crippen LogP contribution is -2.77. The van der Waals surface area contributed by atoms with Crippen LogP contribution in [0.15, 0.2) is 30.3 Å². The molecule has 2 aromatic carbocycles. The Bertz CT molecular complexity index is 1320. The molecular formula is C30H32ClNO5. The number of rotatable bonds is 6. The number of likely N-dealkylation sites (tertiary alicyclic amines) is 1. The molecule has 7 rings (SSSR count). The first-order valence-electron chi connectivity index (χ1n) is 13.6. The van der Waals surface area contributed by atoms with Crippen LogP contribution in [0.4, 0.5) is 0 Å². The highest BCUT2D eigenvalue weighted by molar-refractivity contribution is 6.31. The zero-order chi connectivity index (χ0) is 25.5. The number of ketones is 1. The molecule has 6 nitrogen and oxygen atoms in total. The highest BCUT2D eigenvalue weighted by Crippen LogP contribution is 2.66. The number of carbonyl (C=O) groups excluding carboxylic acids is 2. The van der Waals surface area contributed by atoms with E-state index >= 15 is 0 Å². The van der Waals surface area contributed by atoms with E-state index in [1.54, 1.807) is 6.07 Å². The second-order valence-corrected chi connectivity index (χ2v) is 12.2. The quantitative estimate of drug-likeness (QED) is 0.557. The molecule has 1 N–H and O–H groups in total. The molecular weight excluding hydrogens is 490 g/mol. The summed E-state index contributed by atoms with van der Waals surface area (Å²) < 4.78 is 13.0. The first kappa shape index (κ1) is 23.5. The van der Waals surface area contributed by atoms with E-state index in [4.69, 9.17) is 21.1 Å². The van der Waals surface area contributed by atoms with Crippen LogP contribution in [0.1, 0.15) is 60.8 Å². The minimum absolute atomic E-state index is 0.0176. The number of carbonyl (C=O) groups is 2. The first-order chi connectivity index (χ1) is 17.8. The van der Waals surface area contributed by atoms with Gasteiger partial charge in [-0.25, -0.2) is 0 Å². The summed E-state index contributed by atoms with van der Waals surface area (Å²) in [5.74, 6) is 0.945. The van der Waals surface area contributed by atoms with Gasteiger partial charge >= 0.3 is 5.97 Å². The molecule has 3 aliphatic carbocycles. The van der Waals surface area contributed by atoms with Crippen molar-refractivity contribution in [1.29, 1.82) is 0 Å². The molecule has 0 aromatic heterocycles. The van der Waals surface area contributed by atoms with Gasteiger partial charge in [0.15, 0.2) is 23.4 Å². The van der Waals surface area contributed by atoms with E-state index in [1.807, 2.05) is 31.2 Å². The summed E-state index contributed by atoms with van der Waals surface area (Å²) in [6.45, 7) is 3.83. The summed E-state index contributed by atoms with van der Waals surface area (Å²) in [7, 11) is 0. The number of hydrogen-bond acceptors (Lipinski definition) is 6. The lowest BCUT2D eigenvalue weighted by Gasteiger charge is -2.63. The Morgan fingerprint density at radius 3 is 2.86 bits per heavy atom. The molecule has 37 heavy (non-hydrogen) atoms. The number of phenols is 1. The summed E-state index contributed by atoms with van der Waals surface area (Å²) in [6.07, 6.45) is 4.67. The number of piperidine rings is 1.